The monoisotopic (exact) mass is 416 g/mol. The third-order valence-corrected chi connectivity index (χ3v) is 5.09. The molecule has 3 rings (SSSR count). The maximum atomic E-state index is 13.5. The average Bonchev–Trinajstić information content (AvgIpc) is 2.77. The van der Waals surface area contributed by atoms with Gasteiger partial charge in [0.2, 0.25) is 0 Å². The molecule has 2 aromatic carbocycles. The Balaban J connectivity index is 1.41. The number of oxime groups is 1. The predicted octanol–water partition coefficient (Wildman–Crippen LogP) is 1.12. The molecule has 2 aromatic rings. The van der Waals surface area contributed by atoms with Gasteiger partial charge in [0.25, 0.3) is 5.91 Å². The smallest absolute Gasteiger partial charge is 0.263 e. The Morgan fingerprint density at radius 1 is 1.13 bits per heavy atom. The number of rotatable bonds is 8. The lowest BCUT2D eigenvalue weighted by atomic mass is 10.1. The molecule has 1 aliphatic heterocycles. The summed E-state index contributed by atoms with van der Waals surface area (Å²) >= 11 is 0. The summed E-state index contributed by atoms with van der Waals surface area (Å²) in [4.78, 5) is 20.5. The summed E-state index contributed by atoms with van der Waals surface area (Å²) in [6.07, 6.45) is 1.56. The van der Waals surface area contributed by atoms with Crippen molar-refractivity contribution in [1.82, 2.24) is 4.90 Å². The Kier molecular flexibility index (Phi) is 7.62. The molecule has 0 aliphatic carbocycles. The number of benzene rings is 2. The van der Waals surface area contributed by atoms with E-state index in [1.54, 1.807) is 31.4 Å². The van der Waals surface area contributed by atoms with Crippen molar-refractivity contribution in [3.8, 4) is 11.5 Å². The van der Waals surface area contributed by atoms with Gasteiger partial charge in [0.1, 0.15) is 23.9 Å². The van der Waals surface area contributed by atoms with Crippen LogP contribution >= 0.6 is 0 Å². The second-order valence-corrected chi connectivity index (χ2v) is 7.04. The molecule has 1 heterocycles. The van der Waals surface area contributed by atoms with Crippen LogP contribution in [-0.2, 0) is 16.2 Å². The minimum atomic E-state index is -0.272. The van der Waals surface area contributed by atoms with Gasteiger partial charge in [0.05, 0.1) is 52.2 Å². The topological polar surface area (TPSA) is 64.8 Å². The quantitative estimate of drug-likeness (QED) is 0.518. The molecule has 8 heteroatoms. The molecular formula is C22H27FN3O4+. The molecule has 160 valence electrons. The van der Waals surface area contributed by atoms with E-state index in [4.69, 9.17) is 14.3 Å². The number of piperazine rings is 1. The van der Waals surface area contributed by atoms with Crippen molar-refractivity contribution >= 4 is 12.1 Å². The van der Waals surface area contributed by atoms with Crippen LogP contribution in [0.4, 0.5) is 4.39 Å². The second kappa shape index (κ2) is 10.6. The van der Waals surface area contributed by atoms with Gasteiger partial charge in [-0.05, 0) is 48.0 Å². The fraction of sp³-hybridized carbons (Fsp3) is 0.364. The van der Waals surface area contributed by atoms with Gasteiger partial charge in [-0.2, -0.15) is 0 Å². The third-order valence-electron chi connectivity index (χ3n) is 5.09. The van der Waals surface area contributed by atoms with Crippen molar-refractivity contribution in [1.29, 1.82) is 0 Å². The predicted molar refractivity (Wildman–Crippen MR) is 110 cm³/mol. The maximum Gasteiger partial charge on any atom is 0.263 e. The molecule has 7 nitrogen and oxygen atoms in total. The maximum absolute atomic E-state index is 13.5. The van der Waals surface area contributed by atoms with Gasteiger partial charge in [-0.15, -0.1) is 0 Å². The lowest BCUT2D eigenvalue weighted by Gasteiger charge is -2.32. The van der Waals surface area contributed by atoms with Crippen molar-refractivity contribution < 1.29 is 28.4 Å². The Morgan fingerprint density at radius 3 is 2.53 bits per heavy atom. The normalized spacial score (nSPS) is 14.7. The van der Waals surface area contributed by atoms with Crippen molar-refractivity contribution in [3.05, 3.63) is 59.4 Å². The second-order valence-electron chi connectivity index (χ2n) is 7.04. The first kappa shape index (κ1) is 21.6. The van der Waals surface area contributed by atoms with E-state index in [1.165, 1.54) is 17.0 Å². The van der Waals surface area contributed by atoms with E-state index in [0.29, 0.717) is 25.4 Å². The zero-order valence-electron chi connectivity index (χ0n) is 17.3. The SMILES string of the molecule is COc1ccc(/C=N\OCC(=O)N2CC[NH+](Cc3cc(F)ccc3OC)CC2)cc1. The lowest BCUT2D eigenvalue weighted by molar-refractivity contribution is -0.917. The van der Waals surface area contributed by atoms with Crippen molar-refractivity contribution in [2.75, 3.05) is 47.0 Å². The zero-order chi connectivity index (χ0) is 21.3. The first-order valence-electron chi connectivity index (χ1n) is 9.82. The highest BCUT2D eigenvalue weighted by molar-refractivity contribution is 5.80. The number of quaternary nitrogens is 1. The van der Waals surface area contributed by atoms with Crippen LogP contribution in [-0.4, -0.2) is 64.0 Å². The van der Waals surface area contributed by atoms with E-state index in [2.05, 4.69) is 5.16 Å². The molecule has 1 saturated heterocycles. The van der Waals surface area contributed by atoms with Crippen molar-refractivity contribution in [2.24, 2.45) is 5.16 Å². The molecule has 30 heavy (non-hydrogen) atoms. The minimum Gasteiger partial charge on any atom is -0.497 e. The number of halogens is 1. The summed E-state index contributed by atoms with van der Waals surface area (Å²) in [5.41, 5.74) is 1.69. The number of ether oxygens (including phenoxy) is 2. The zero-order valence-corrected chi connectivity index (χ0v) is 17.3. The molecule has 1 aliphatic rings. The van der Waals surface area contributed by atoms with Gasteiger partial charge < -0.3 is 24.1 Å². The Morgan fingerprint density at radius 2 is 1.87 bits per heavy atom. The van der Waals surface area contributed by atoms with Crippen LogP contribution in [0, 0.1) is 5.82 Å². The standard InChI is InChI=1S/C22H26FN3O4/c1-28-20-6-3-17(4-7-20)14-24-30-16-22(27)26-11-9-25(10-12-26)15-18-13-19(23)5-8-21(18)29-2/h3-8,13-14H,9-12,15-16H2,1-2H3/p+1/b24-14-. The summed E-state index contributed by atoms with van der Waals surface area (Å²) in [5.74, 6) is 1.08. The van der Waals surface area contributed by atoms with E-state index < -0.39 is 0 Å². The molecule has 0 atom stereocenters. The van der Waals surface area contributed by atoms with Gasteiger partial charge in [-0.3, -0.25) is 4.79 Å². The largest absolute Gasteiger partial charge is 0.497 e. The Hall–Kier alpha value is -3.13. The van der Waals surface area contributed by atoms with E-state index in [-0.39, 0.29) is 18.3 Å². The number of amides is 1. The van der Waals surface area contributed by atoms with Gasteiger partial charge in [-0.25, -0.2) is 4.39 Å². The van der Waals surface area contributed by atoms with E-state index in [9.17, 15) is 9.18 Å². The molecule has 0 saturated carbocycles. The summed E-state index contributed by atoms with van der Waals surface area (Å²) in [5, 5.41) is 3.86. The van der Waals surface area contributed by atoms with E-state index >= 15 is 0 Å². The highest BCUT2D eigenvalue weighted by Crippen LogP contribution is 2.18. The van der Waals surface area contributed by atoms with Gasteiger partial charge in [0, 0.05) is 0 Å². The molecule has 0 radical (unpaired) electrons. The van der Waals surface area contributed by atoms with Gasteiger partial charge >= 0.3 is 0 Å². The minimum absolute atomic E-state index is 0.0933. The van der Waals surface area contributed by atoms with Crippen LogP contribution in [0.5, 0.6) is 11.5 Å². The van der Waals surface area contributed by atoms with Crippen LogP contribution in [0.2, 0.25) is 0 Å². The van der Waals surface area contributed by atoms with Crippen molar-refractivity contribution in [3.63, 3.8) is 0 Å². The van der Waals surface area contributed by atoms with E-state index in [0.717, 1.165) is 30.0 Å². The number of carbonyl (C=O) groups is 1. The number of hydrogen-bond acceptors (Lipinski definition) is 5. The molecule has 0 spiro atoms. The molecule has 1 N–H and O–H groups in total. The fourth-order valence-electron chi connectivity index (χ4n) is 3.38. The average molecular weight is 416 g/mol. The third kappa shape index (κ3) is 5.93. The summed E-state index contributed by atoms with van der Waals surface area (Å²) < 4.78 is 24.0. The molecular weight excluding hydrogens is 389 g/mol. The Labute approximate surface area is 175 Å². The van der Waals surface area contributed by atoms with Crippen LogP contribution in [0.1, 0.15) is 11.1 Å². The molecule has 1 fully saturated rings. The summed E-state index contributed by atoms with van der Waals surface area (Å²) in [6.45, 7) is 3.36. The van der Waals surface area contributed by atoms with Gasteiger partial charge in [0.15, 0.2) is 6.61 Å². The Bertz CT molecular complexity index is 865. The van der Waals surface area contributed by atoms with Crippen molar-refractivity contribution in [2.45, 2.75) is 6.54 Å². The lowest BCUT2D eigenvalue weighted by Crippen LogP contribution is -3.13. The summed E-state index contributed by atoms with van der Waals surface area (Å²) in [6, 6.07) is 11.9. The number of nitrogens with one attached hydrogen (secondary N) is 1. The first-order valence-corrected chi connectivity index (χ1v) is 9.82. The van der Waals surface area contributed by atoms with Crippen LogP contribution in [0.15, 0.2) is 47.6 Å². The number of hydrogen-bond donors (Lipinski definition) is 1. The highest BCUT2D eigenvalue weighted by Gasteiger charge is 2.25. The first-order chi connectivity index (χ1) is 14.6. The molecule has 0 aromatic heterocycles. The van der Waals surface area contributed by atoms with Crippen LogP contribution < -0.4 is 14.4 Å². The van der Waals surface area contributed by atoms with Gasteiger partial charge in [-0.1, -0.05) is 5.16 Å². The molecule has 1 amide bonds. The van der Waals surface area contributed by atoms with E-state index in [1.807, 2.05) is 24.3 Å². The fourth-order valence-corrected chi connectivity index (χ4v) is 3.38. The summed E-state index contributed by atoms with van der Waals surface area (Å²) in [7, 11) is 3.19. The van der Waals surface area contributed by atoms with Crippen LogP contribution in [0.25, 0.3) is 0 Å². The number of carbonyl (C=O) groups excluding carboxylic acids is 1. The highest BCUT2D eigenvalue weighted by atomic mass is 19.1. The van der Waals surface area contributed by atoms with Crippen LogP contribution in [0.3, 0.4) is 0 Å². The number of nitrogens with zero attached hydrogens (tertiary/aromatic N) is 2. The number of methoxy groups -OCH3 is 2. The molecule has 0 bridgehead atoms. The molecule has 0 unspecified atom stereocenters.